The van der Waals surface area contributed by atoms with Crippen molar-refractivity contribution in [1.82, 2.24) is 19.9 Å². The van der Waals surface area contributed by atoms with Gasteiger partial charge in [-0.3, -0.25) is 0 Å². The molecule has 0 atom stereocenters. The molecule has 20 nitrogen and oxygen atoms in total. The van der Waals surface area contributed by atoms with Crippen molar-refractivity contribution in [3.05, 3.63) is 261 Å². The van der Waals surface area contributed by atoms with Gasteiger partial charge in [0.1, 0.15) is 0 Å². The lowest BCUT2D eigenvalue weighted by molar-refractivity contribution is 0.0581. The Morgan fingerprint density at radius 1 is 0.212 bits per heavy atom. The molecule has 104 heavy (non-hydrogen) atoms. The molecule has 0 spiro atoms. The first-order valence-electron chi connectivity index (χ1n) is 32.3. The number of rotatable bonds is 16. The van der Waals surface area contributed by atoms with Gasteiger partial charge in [-0.25, -0.2) is 48.3 Å². The minimum atomic E-state index is -0.636. The van der Waals surface area contributed by atoms with E-state index in [0.717, 1.165) is 22.3 Å². The zero-order chi connectivity index (χ0) is 73.0. The Balaban J connectivity index is 1.07. The standard InChI is InChI=1S/C84H62N4O16/c1-97-77(89)57-33-53(34-58(41-57)78(90)98-2)45-9-17-49(18-10-45)73-65-25-27-67(85-65)74(50-19-11-46(12-20-50)54-35-59(79(91)99-3)42-60(36-54)80(92)100-4)69-29-31-71(87-69)76(52-23-15-48(16-24-52)56-39-63(83(95)103-7)44-64(40-56)84(96)104-8)72-32-30-70(88-72)75(68-28-26-66(73)86-68)51-21-13-47(14-22-51)55-37-61(81(93)101-5)43-62(38-55)82(94)102-6/h9-44,85,88H,1-8H3. The molecule has 0 radical (unpaired) electrons. The van der Waals surface area contributed by atoms with Crippen LogP contribution in [0.1, 0.15) is 106 Å². The summed E-state index contributed by atoms with van der Waals surface area (Å²) < 4.78 is 40.5. The van der Waals surface area contributed by atoms with Gasteiger partial charge in [0.2, 0.25) is 0 Å². The summed E-state index contributed by atoms with van der Waals surface area (Å²) in [5, 5.41) is 0. The zero-order valence-corrected chi connectivity index (χ0v) is 57.2. The molecule has 0 amide bonds. The number of nitrogens with one attached hydrogen (secondary N) is 2. The fourth-order valence-corrected chi connectivity index (χ4v) is 12.8. The molecule has 514 valence electrons. The van der Waals surface area contributed by atoms with Crippen molar-refractivity contribution in [1.29, 1.82) is 0 Å². The van der Waals surface area contributed by atoms with Crippen LogP contribution in [0.25, 0.3) is 135 Å². The number of fused-ring (bicyclic) bond motifs is 8. The van der Waals surface area contributed by atoms with E-state index in [2.05, 4.69) is 9.97 Å². The number of hydrogen-bond acceptors (Lipinski definition) is 18. The SMILES string of the molecule is COC(=O)c1cc(C(=O)OC)cc(-c2ccc(-c3c4nc(c(-c5ccc(-c6cc(C(=O)OC)cc(C(=O)OC)c6)cc5)c5ccc([nH]5)c(-c5ccc(-c6cc(C(=O)OC)cc(C(=O)OC)c6)cc5)c5nc(c(-c6ccc(-c7cc(C(=O)OC)cc(C(=O)OC)c7)cc6)c6ccc3[nH]6)C=C5)C=C4)cc2)c1. The average Bonchev–Trinajstić information content (AvgIpc) is 1.56. The second-order valence-corrected chi connectivity index (χ2v) is 23.9. The van der Waals surface area contributed by atoms with Crippen LogP contribution >= 0.6 is 0 Å². The van der Waals surface area contributed by atoms with E-state index in [1.807, 2.05) is 146 Å². The van der Waals surface area contributed by atoms with Gasteiger partial charge in [-0.05, 0) is 188 Å². The summed E-state index contributed by atoms with van der Waals surface area (Å²) in [6, 6.07) is 57.2. The number of carbonyl (C=O) groups excluding carboxylic acids is 8. The molecule has 2 aliphatic rings. The van der Waals surface area contributed by atoms with Crippen LogP contribution in [-0.4, -0.2) is 125 Å². The van der Waals surface area contributed by atoms with Gasteiger partial charge in [-0.2, -0.15) is 0 Å². The van der Waals surface area contributed by atoms with Crippen molar-refractivity contribution >= 4 is 94.1 Å². The number of benzene rings is 8. The first kappa shape index (κ1) is 68.6. The van der Waals surface area contributed by atoms with Crippen molar-refractivity contribution in [2.24, 2.45) is 0 Å². The van der Waals surface area contributed by atoms with Gasteiger partial charge in [0, 0.05) is 44.3 Å². The Morgan fingerprint density at radius 2 is 0.365 bits per heavy atom. The monoisotopic (exact) mass is 1380 g/mol. The molecule has 13 rings (SSSR count). The minimum Gasteiger partial charge on any atom is -0.465 e. The predicted octanol–water partition coefficient (Wildman–Crippen LogP) is 16.3. The maximum absolute atomic E-state index is 13.0. The summed E-state index contributed by atoms with van der Waals surface area (Å²) >= 11 is 0. The van der Waals surface area contributed by atoms with E-state index in [-0.39, 0.29) is 44.5 Å². The molecule has 0 saturated carbocycles. The molecule has 0 fully saturated rings. The summed E-state index contributed by atoms with van der Waals surface area (Å²) in [5.74, 6) is -5.09. The Kier molecular flexibility index (Phi) is 19.2. The lowest BCUT2D eigenvalue weighted by Crippen LogP contribution is -2.07. The molecule has 2 N–H and O–H groups in total. The van der Waals surface area contributed by atoms with Crippen molar-refractivity contribution in [3.63, 3.8) is 0 Å². The summed E-state index contributed by atoms with van der Waals surface area (Å²) in [6.45, 7) is 0. The van der Waals surface area contributed by atoms with E-state index in [9.17, 15) is 38.4 Å². The van der Waals surface area contributed by atoms with E-state index in [1.54, 1.807) is 48.5 Å². The molecular formula is C84H62N4O16. The smallest absolute Gasteiger partial charge is 0.337 e. The number of H-pyrrole nitrogens is 2. The number of nitrogens with zero attached hydrogens (tertiary/aromatic N) is 2. The number of carbonyl (C=O) groups is 8. The van der Waals surface area contributed by atoms with Crippen LogP contribution in [0.15, 0.2) is 194 Å². The van der Waals surface area contributed by atoms with Gasteiger partial charge in [0.25, 0.3) is 0 Å². The van der Waals surface area contributed by atoms with Crippen molar-refractivity contribution in [2.45, 2.75) is 0 Å². The molecule has 0 saturated heterocycles. The number of esters is 8. The van der Waals surface area contributed by atoms with Gasteiger partial charge in [-0.1, -0.05) is 97.1 Å². The molecule has 0 unspecified atom stereocenters. The topological polar surface area (TPSA) is 268 Å². The summed E-state index contributed by atoms with van der Waals surface area (Å²) in [4.78, 5) is 123. The fourth-order valence-electron chi connectivity index (χ4n) is 12.8. The first-order chi connectivity index (χ1) is 50.4. The molecule has 11 aromatic rings. The highest BCUT2D eigenvalue weighted by atomic mass is 16.5. The quantitative estimate of drug-likeness (QED) is 0.0672. The van der Waals surface area contributed by atoms with Crippen LogP contribution < -0.4 is 0 Å². The first-order valence-corrected chi connectivity index (χ1v) is 32.3. The van der Waals surface area contributed by atoms with Gasteiger partial charge in [0.15, 0.2) is 0 Å². The van der Waals surface area contributed by atoms with E-state index >= 15 is 0 Å². The summed E-state index contributed by atoms with van der Waals surface area (Å²) in [5.41, 5.74) is 16.6. The van der Waals surface area contributed by atoms with E-state index in [0.29, 0.717) is 112 Å². The second kappa shape index (κ2) is 29.1. The maximum Gasteiger partial charge on any atom is 0.337 e. The van der Waals surface area contributed by atoms with Crippen LogP contribution in [0.4, 0.5) is 0 Å². The van der Waals surface area contributed by atoms with Crippen LogP contribution in [-0.2, 0) is 37.9 Å². The van der Waals surface area contributed by atoms with Crippen LogP contribution in [0.2, 0.25) is 0 Å². The number of methoxy groups -OCH3 is 8. The average molecular weight is 1380 g/mol. The Labute approximate surface area is 594 Å². The van der Waals surface area contributed by atoms with E-state index in [4.69, 9.17) is 47.9 Å². The maximum atomic E-state index is 13.0. The second-order valence-electron chi connectivity index (χ2n) is 23.9. The number of aromatic amines is 2. The Bertz CT molecular complexity index is 4810. The van der Waals surface area contributed by atoms with Gasteiger partial charge < -0.3 is 47.9 Å². The third-order valence-electron chi connectivity index (χ3n) is 17.9. The number of aromatic nitrogens is 4. The molecule has 2 aliphatic heterocycles. The van der Waals surface area contributed by atoms with Crippen molar-refractivity contribution in [3.8, 4) is 89.0 Å². The minimum absolute atomic E-state index is 0.154. The molecule has 0 aliphatic carbocycles. The van der Waals surface area contributed by atoms with E-state index in [1.165, 1.54) is 81.1 Å². The van der Waals surface area contributed by atoms with E-state index < -0.39 is 47.8 Å². The highest BCUT2D eigenvalue weighted by Crippen LogP contribution is 2.41. The Morgan fingerprint density at radius 3 is 0.519 bits per heavy atom. The molecular weight excluding hydrogens is 1320 g/mol. The predicted molar refractivity (Wildman–Crippen MR) is 393 cm³/mol. The number of hydrogen-bond donors (Lipinski definition) is 2. The van der Waals surface area contributed by atoms with Crippen LogP contribution in [0.3, 0.4) is 0 Å². The highest BCUT2D eigenvalue weighted by molar-refractivity contribution is 6.04. The molecule has 3 aromatic heterocycles. The van der Waals surface area contributed by atoms with Crippen LogP contribution in [0, 0.1) is 0 Å². The number of ether oxygens (including phenoxy) is 8. The van der Waals surface area contributed by atoms with Gasteiger partial charge in [0.05, 0.1) is 124 Å². The summed E-state index contributed by atoms with van der Waals surface area (Å²) in [7, 11) is 10.1. The normalized spacial score (nSPS) is 11.3. The molecule has 8 aromatic carbocycles. The molecule has 5 heterocycles. The van der Waals surface area contributed by atoms with Gasteiger partial charge in [-0.15, -0.1) is 0 Å². The third kappa shape index (κ3) is 13.6. The fraction of sp³-hybridized carbons (Fsp3) is 0.0952. The lowest BCUT2D eigenvalue weighted by Gasteiger charge is -2.11. The lowest BCUT2D eigenvalue weighted by atomic mass is 9.96. The third-order valence-corrected chi connectivity index (χ3v) is 17.9. The zero-order valence-electron chi connectivity index (χ0n) is 57.2. The largest absolute Gasteiger partial charge is 0.465 e. The van der Waals surface area contributed by atoms with Crippen molar-refractivity contribution in [2.75, 3.05) is 56.9 Å². The summed E-state index contributed by atoms with van der Waals surface area (Å²) in [6.07, 6.45) is 7.75. The van der Waals surface area contributed by atoms with Crippen LogP contribution in [0.5, 0.6) is 0 Å². The van der Waals surface area contributed by atoms with Crippen molar-refractivity contribution < 1.29 is 76.3 Å². The van der Waals surface area contributed by atoms with Gasteiger partial charge >= 0.3 is 47.8 Å². The molecule has 20 heteroatoms. The highest BCUT2D eigenvalue weighted by Gasteiger charge is 2.24. The molecule has 8 bridgehead atoms. The Hall–Kier alpha value is -13.9.